The summed E-state index contributed by atoms with van der Waals surface area (Å²) in [6.07, 6.45) is 2.35. The van der Waals surface area contributed by atoms with E-state index in [1.54, 1.807) is 0 Å². The Morgan fingerprint density at radius 3 is 2.57 bits per heavy atom. The maximum absolute atomic E-state index is 11.1. The molecule has 0 bridgehead atoms. The minimum absolute atomic E-state index is 0.120. The van der Waals surface area contributed by atoms with E-state index in [1.807, 2.05) is 6.92 Å². The van der Waals surface area contributed by atoms with Crippen LogP contribution in [0.3, 0.4) is 0 Å². The second-order valence-corrected chi connectivity index (χ2v) is 3.84. The van der Waals surface area contributed by atoms with E-state index < -0.39 is 6.10 Å². The molecule has 0 heterocycles. The summed E-state index contributed by atoms with van der Waals surface area (Å²) in [5.74, 6) is 0.130. The Morgan fingerprint density at radius 1 is 1.43 bits per heavy atom. The predicted molar refractivity (Wildman–Crippen MR) is 55.9 cm³/mol. The first-order chi connectivity index (χ1) is 6.60. The highest BCUT2D eigenvalue weighted by atomic mass is 16.5. The van der Waals surface area contributed by atoms with Gasteiger partial charge in [0.1, 0.15) is 0 Å². The summed E-state index contributed by atoms with van der Waals surface area (Å²) in [5, 5.41) is 9.20. The molecule has 0 saturated heterocycles. The first-order valence-electron chi connectivity index (χ1n) is 5.43. The van der Waals surface area contributed by atoms with Gasteiger partial charge in [0.2, 0.25) is 0 Å². The molecule has 84 valence electrons. The molecule has 0 saturated carbocycles. The van der Waals surface area contributed by atoms with Crippen molar-refractivity contribution in [2.45, 2.75) is 52.6 Å². The van der Waals surface area contributed by atoms with E-state index in [-0.39, 0.29) is 12.4 Å². The van der Waals surface area contributed by atoms with Gasteiger partial charge in [-0.25, -0.2) is 0 Å². The van der Waals surface area contributed by atoms with Gasteiger partial charge in [0.25, 0.3) is 0 Å². The van der Waals surface area contributed by atoms with Crippen molar-refractivity contribution in [3.63, 3.8) is 0 Å². The molecule has 3 heteroatoms. The number of ether oxygens (including phenoxy) is 1. The minimum atomic E-state index is -0.552. The largest absolute Gasteiger partial charge is 0.465 e. The van der Waals surface area contributed by atoms with E-state index in [9.17, 15) is 9.90 Å². The van der Waals surface area contributed by atoms with Crippen molar-refractivity contribution >= 4 is 5.97 Å². The molecular formula is C11H22O3. The molecule has 0 rings (SSSR count). The van der Waals surface area contributed by atoms with Gasteiger partial charge in [0, 0.05) is 0 Å². The van der Waals surface area contributed by atoms with Gasteiger partial charge in [-0.1, -0.05) is 27.2 Å². The van der Waals surface area contributed by atoms with Gasteiger partial charge in [-0.05, 0) is 18.8 Å². The van der Waals surface area contributed by atoms with Crippen LogP contribution in [0.2, 0.25) is 0 Å². The van der Waals surface area contributed by atoms with Crippen LogP contribution in [0.4, 0.5) is 0 Å². The molecule has 1 N–H and O–H groups in total. The molecule has 0 aliphatic carbocycles. The van der Waals surface area contributed by atoms with E-state index >= 15 is 0 Å². The average Bonchev–Trinajstić information content (AvgIpc) is 2.15. The predicted octanol–water partition coefficient (Wildman–Crippen LogP) is 2.13. The third kappa shape index (κ3) is 6.89. The van der Waals surface area contributed by atoms with Crippen LogP contribution in [0, 0.1) is 5.92 Å². The van der Waals surface area contributed by atoms with Crippen LogP contribution in [0.1, 0.15) is 46.5 Å². The fraction of sp³-hybridized carbons (Fsp3) is 0.909. The fourth-order valence-electron chi connectivity index (χ4n) is 1.21. The van der Waals surface area contributed by atoms with Crippen molar-refractivity contribution < 1.29 is 14.6 Å². The molecule has 0 spiro atoms. The monoisotopic (exact) mass is 202 g/mol. The first-order valence-corrected chi connectivity index (χ1v) is 5.43. The van der Waals surface area contributed by atoms with Crippen LogP contribution in [0.25, 0.3) is 0 Å². The Morgan fingerprint density at radius 2 is 2.07 bits per heavy atom. The molecule has 0 radical (unpaired) electrons. The van der Waals surface area contributed by atoms with Crippen molar-refractivity contribution in [1.82, 2.24) is 0 Å². The maximum atomic E-state index is 11.1. The van der Waals surface area contributed by atoms with Crippen molar-refractivity contribution in [3.8, 4) is 0 Å². The van der Waals surface area contributed by atoms with Gasteiger partial charge in [-0.3, -0.25) is 4.79 Å². The smallest absolute Gasteiger partial charge is 0.308 e. The van der Waals surface area contributed by atoms with E-state index in [0.29, 0.717) is 18.9 Å². The van der Waals surface area contributed by atoms with E-state index in [1.165, 1.54) is 0 Å². The van der Waals surface area contributed by atoms with Crippen molar-refractivity contribution in [2.75, 3.05) is 6.61 Å². The Bertz CT molecular complexity index is 157. The molecular weight excluding hydrogens is 180 g/mol. The molecule has 0 aliphatic rings. The topological polar surface area (TPSA) is 46.5 Å². The Labute approximate surface area is 86.5 Å². The lowest BCUT2D eigenvalue weighted by Gasteiger charge is -2.12. The van der Waals surface area contributed by atoms with Gasteiger partial charge >= 0.3 is 5.97 Å². The summed E-state index contributed by atoms with van der Waals surface area (Å²) in [4.78, 5) is 11.1. The molecule has 0 aromatic rings. The Kier molecular flexibility index (Phi) is 7.48. The van der Waals surface area contributed by atoms with Gasteiger partial charge in [-0.15, -0.1) is 0 Å². The second kappa shape index (κ2) is 7.80. The number of hydrogen-bond donors (Lipinski definition) is 1. The summed E-state index contributed by atoms with van der Waals surface area (Å²) in [6, 6.07) is 0. The summed E-state index contributed by atoms with van der Waals surface area (Å²) in [7, 11) is 0. The summed E-state index contributed by atoms with van der Waals surface area (Å²) in [6.45, 7) is 6.49. The van der Waals surface area contributed by atoms with E-state index in [4.69, 9.17) is 4.74 Å². The van der Waals surface area contributed by atoms with Crippen LogP contribution >= 0.6 is 0 Å². The molecule has 0 amide bonds. The van der Waals surface area contributed by atoms with Gasteiger partial charge < -0.3 is 9.84 Å². The van der Waals surface area contributed by atoms with Crippen LogP contribution in [-0.4, -0.2) is 23.8 Å². The van der Waals surface area contributed by atoms with Crippen LogP contribution in [0.15, 0.2) is 0 Å². The zero-order valence-electron chi connectivity index (χ0n) is 9.45. The Hall–Kier alpha value is -0.570. The van der Waals surface area contributed by atoms with Crippen LogP contribution in [-0.2, 0) is 9.53 Å². The highest BCUT2D eigenvalue weighted by molar-refractivity contribution is 5.69. The second-order valence-electron chi connectivity index (χ2n) is 3.84. The van der Waals surface area contributed by atoms with E-state index in [2.05, 4.69) is 13.8 Å². The van der Waals surface area contributed by atoms with Crippen LogP contribution < -0.4 is 0 Å². The molecule has 0 aromatic heterocycles. The quantitative estimate of drug-likeness (QED) is 0.643. The fourth-order valence-corrected chi connectivity index (χ4v) is 1.21. The third-order valence-corrected chi connectivity index (χ3v) is 2.18. The SMILES string of the molecule is CCCC(C)COC(=O)CC(O)CC. The molecule has 14 heavy (non-hydrogen) atoms. The number of aliphatic hydroxyl groups is 1. The Balaban J connectivity index is 3.53. The zero-order chi connectivity index (χ0) is 11.0. The van der Waals surface area contributed by atoms with Crippen molar-refractivity contribution in [1.29, 1.82) is 0 Å². The number of rotatable bonds is 7. The third-order valence-electron chi connectivity index (χ3n) is 2.18. The molecule has 2 unspecified atom stereocenters. The standard InChI is InChI=1S/C11H22O3/c1-4-6-9(3)8-14-11(13)7-10(12)5-2/h9-10,12H,4-8H2,1-3H3. The lowest BCUT2D eigenvalue weighted by molar-refractivity contribution is -0.147. The van der Waals surface area contributed by atoms with Crippen molar-refractivity contribution in [3.05, 3.63) is 0 Å². The highest BCUT2D eigenvalue weighted by Crippen LogP contribution is 2.06. The number of hydrogen-bond acceptors (Lipinski definition) is 3. The zero-order valence-corrected chi connectivity index (χ0v) is 9.45. The summed E-state index contributed by atoms with van der Waals surface area (Å²) >= 11 is 0. The van der Waals surface area contributed by atoms with Gasteiger partial charge in [-0.2, -0.15) is 0 Å². The number of carbonyl (C=O) groups is 1. The number of esters is 1. The molecule has 3 nitrogen and oxygen atoms in total. The molecule has 0 aromatic carbocycles. The lowest BCUT2D eigenvalue weighted by Crippen LogP contribution is -2.17. The van der Waals surface area contributed by atoms with E-state index in [0.717, 1.165) is 12.8 Å². The van der Waals surface area contributed by atoms with Gasteiger partial charge in [0.05, 0.1) is 19.1 Å². The maximum Gasteiger partial charge on any atom is 0.308 e. The van der Waals surface area contributed by atoms with Crippen LogP contribution in [0.5, 0.6) is 0 Å². The highest BCUT2D eigenvalue weighted by Gasteiger charge is 2.11. The normalized spacial score (nSPS) is 14.9. The van der Waals surface area contributed by atoms with Gasteiger partial charge in [0.15, 0.2) is 0 Å². The molecule has 2 atom stereocenters. The number of carbonyl (C=O) groups excluding carboxylic acids is 1. The minimum Gasteiger partial charge on any atom is -0.465 e. The summed E-state index contributed by atoms with van der Waals surface area (Å²) < 4.78 is 5.03. The average molecular weight is 202 g/mol. The molecule has 0 aliphatic heterocycles. The number of aliphatic hydroxyl groups excluding tert-OH is 1. The summed E-state index contributed by atoms with van der Waals surface area (Å²) in [5.41, 5.74) is 0. The first kappa shape index (κ1) is 13.4. The lowest BCUT2D eigenvalue weighted by atomic mass is 10.1. The van der Waals surface area contributed by atoms with Crippen molar-refractivity contribution in [2.24, 2.45) is 5.92 Å². The molecule has 0 fully saturated rings.